The van der Waals surface area contributed by atoms with E-state index in [-0.39, 0.29) is 28.3 Å². The number of hydrogen-bond donors (Lipinski definition) is 1. The highest BCUT2D eigenvalue weighted by Gasteiger charge is 2.26. The standard InChI is InChI=1S/C13H13ClO5/c1-4-5-7-9(15)6-8(12(16)18-2)10(11(7)14)13(17)19-3/h4,6,15H,1,5H2,2-3H3. The number of benzene rings is 1. The van der Waals surface area contributed by atoms with E-state index in [4.69, 9.17) is 11.6 Å². The fourth-order valence-corrected chi connectivity index (χ4v) is 1.94. The van der Waals surface area contributed by atoms with Crippen LogP contribution in [0.5, 0.6) is 5.75 Å². The van der Waals surface area contributed by atoms with Gasteiger partial charge in [-0.15, -0.1) is 6.58 Å². The largest absolute Gasteiger partial charge is 0.508 e. The van der Waals surface area contributed by atoms with Gasteiger partial charge in [-0.05, 0) is 12.5 Å². The number of ether oxygens (including phenoxy) is 2. The van der Waals surface area contributed by atoms with Crippen molar-refractivity contribution >= 4 is 23.5 Å². The molecular formula is C13H13ClO5. The van der Waals surface area contributed by atoms with Crippen LogP contribution in [0.2, 0.25) is 5.02 Å². The summed E-state index contributed by atoms with van der Waals surface area (Å²) >= 11 is 6.06. The van der Waals surface area contributed by atoms with Crippen molar-refractivity contribution in [3.63, 3.8) is 0 Å². The number of carbonyl (C=O) groups is 2. The molecule has 0 aliphatic heterocycles. The summed E-state index contributed by atoms with van der Waals surface area (Å²) in [6.45, 7) is 3.53. The maximum Gasteiger partial charge on any atom is 0.340 e. The van der Waals surface area contributed by atoms with Crippen molar-refractivity contribution in [3.05, 3.63) is 40.4 Å². The molecule has 1 aromatic rings. The molecule has 0 bridgehead atoms. The van der Waals surface area contributed by atoms with Crippen molar-refractivity contribution in [2.45, 2.75) is 6.42 Å². The van der Waals surface area contributed by atoms with Gasteiger partial charge in [-0.3, -0.25) is 0 Å². The third kappa shape index (κ3) is 2.88. The van der Waals surface area contributed by atoms with Crippen LogP contribution in [0, 0.1) is 0 Å². The summed E-state index contributed by atoms with van der Waals surface area (Å²) in [6, 6.07) is 1.13. The Balaban J connectivity index is 3.61. The van der Waals surface area contributed by atoms with E-state index in [1.165, 1.54) is 13.2 Å². The Morgan fingerprint density at radius 1 is 1.37 bits per heavy atom. The predicted molar refractivity (Wildman–Crippen MR) is 69.7 cm³/mol. The summed E-state index contributed by atoms with van der Waals surface area (Å²) in [7, 11) is 2.33. The molecule has 0 amide bonds. The molecule has 0 aliphatic carbocycles. The van der Waals surface area contributed by atoms with Crippen molar-refractivity contribution in [2.24, 2.45) is 0 Å². The number of hydrogen-bond acceptors (Lipinski definition) is 5. The van der Waals surface area contributed by atoms with Gasteiger partial charge in [0.05, 0.1) is 30.4 Å². The molecule has 0 radical (unpaired) electrons. The topological polar surface area (TPSA) is 72.8 Å². The number of rotatable bonds is 4. The van der Waals surface area contributed by atoms with Crippen LogP contribution in [0.4, 0.5) is 0 Å². The third-order valence-corrected chi connectivity index (χ3v) is 2.90. The molecule has 0 aliphatic rings. The van der Waals surface area contributed by atoms with Gasteiger partial charge in [0.25, 0.3) is 0 Å². The number of phenols is 1. The number of esters is 2. The van der Waals surface area contributed by atoms with Crippen molar-refractivity contribution in [1.82, 2.24) is 0 Å². The van der Waals surface area contributed by atoms with Crippen LogP contribution in [0.3, 0.4) is 0 Å². The zero-order chi connectivity index (χ0) is 14.6. The SMILES string of the molecule is C=CCc1c(O)cc(C(=O)OC)c(C(=O)OC)c1Cl. The van der Waals surface area contributed by atoms with Crippen LogP contribution in [0.1, 0.15) is 26.3 Å². The van der Waals surface area contributed by atoms with Crippen molar-refractivity contribution in [3.8, 4) is 5.75 Å². The Morgan fingerprint density at radius 3 is 2.42 bits per heavy atom. The molecule has 1 rings (SSSR count). The van der Waals surface area contributed by atoms with Crippen LogP contribution in [0.15, 0.2) is 18.7 Å². The summed E-state index contributed by atoms with van der Waals surface area (Å²) < 4.78 is 9.13. The smallest absolute Gasteiger partial charge is 0.340 e. The Bertz CT molecular complexity index is 536. The highest BCUT2D eigenvalue weighted by molar-refractivity contribution is 6.35. The minimum absolute atomic E-state index is 0.0489. The number of carbonyl (C=O) groups excluding carboxylic acids is 2. The fourth-order valence-electron chi connectivity index (χ4n) is 1.59. The average molecular weight is 285 g/mol. The molecule has 1 N–H and O–H groups in total. The molecule has 0 saturated heterocycles. The maximum absolute atomic E-state index is 11.7. The molecule has 102 valence electrons. The molecule has 0 unspecified atom stereocenters. The molecule has 0 spiro atoms. The molecule has 19 heavy (non-hydrogen) atoms. The Hall–Kier alpha value is -2.01. The first kappa shape index (κ1) is 15.0. The van der Waals surface area contributed by atoms with Crippen molar-refractivity contribution in [1.29, 1.82) is 0 Å². The van der Waals surface area contributed by atoms with Gasteiger partial charge in [-0.25, -0.2) is 9.59 Å². The van der Waals surface area contributed by atoms with Crippen LogP contribution >= 0.6 is 11.6 Å². The minimum atomic E-state index is -0.789. The van der Waals surface area contributed by atoms with Gasteiger partial charge in [-0.2, -0.15) is 0 Å². The van der Waals surface area contributed by atoms with Gasteiger partial charge < -0.3 is 14.6 Å². The van der Waals surface area contributed by atoms with Crippen molar-refractivity contribution in [2.75, 3.05) is 14.2 Å². The molecule has 6 heteroatoms. The molecule has 0 aromatic heterocycles. The summed E-state index contributed by atoms with van der Waals surface area (Å²) in [6.07, 6.45) is 1.76. The Morgan fingerprint density at radius 2 is 1.95 bits per heavy atom. The molecular weight excluding hydrogens is 272 g/mol. The number of aromatic hydroxyl groups is 1. The average Bonchev–Trinajstić information content (AvgIpc) is 2.41. The molecule has 0 atom stereocenters. The summed E-state index contributed by atoms with van der Waals surface area (Å²) in [5, 5.41) is 9.79. The lowest BCUT2D eigenvalue weighted by atomic mass is 10.0. The van der Waals surface area contributed by atoms with Gasteiger partial charge >= 0.3 is 11.9 Å². The second-order valence-electron chi connectivity index (χ2n) is 3.59. The second kappa shape index (κ2) is 6.24. The lowest BCUT2D eigenvalue weighted by Gasteiger charge is -2.13. The molecule has 1 aromatic carbocycles. The first-order valence-electron chi connectivity index (χ1n) is 5.29. The first-order chi connectivity index (χ1) is 8.97. The summed E-state index contributed by atoms with van der Waals surface area (Å²) in [5.74, 6) is -1.78. The monoisotopic (exact) mass is 284 g/mol. The molecule has 5 nitrogen and oxygen atoms in total. The van der Waals surface area contributed by atoms with Crippen molar-refractivity contribution < 1.29 is 24.2 Å². The van der Waals surface area contributed by atoms with Gasteiger partial charge in [0.1, 0.15) is 5.75 Å². The Kier molecular flexibility index (Phi) is 4.94. The van der Waals surface area contributed by atoms with E-state index in [2.05, 4.69) is 16.1 Å². The van der Waals surface area contributed by atoms with E-state index < -0.39 is 11.9 Å². The van der Waals surface area contributed by atoms with Gasteiger partial charge in [0.2, 0.25) is 0 Å². The van der Waals surface area contributed by atoms with Crippen LogP contribution in [-0.2, 0) is 15.9 Å². The molecule has 0 fully saturated rings. The summed E-state index contributed by atoms with van der Waals surface area (Å²) in [4.78, 5) is 23.3. The van der Waals surface area contributed by atoms with Gasteiger partial charge in [0, 0.05) is 5.56 Å². The Labute approximate surface area is 115 Å². The van der Waals surface area contributed by atoms with E-state index >= 15 is 0 Å². The predicted octanol–water partition coefficient (Wildman–Crippen LogP) is 2.35. The van der Waals surface area contributed by atoms with Crippen LogP contribution in [-0.4, -0.2) is 31.3 Å². The van der Waals surface area contributed by atoms with E-state index in [0.717, 1.165) is 13.2 Å². The second-order valence-corrected chi connectivity index (χ2v) is 3.96. The maximum atomic E-state index is 11.7. The van der Waals surface area contributed by atoms with E-state index in [0.29, 0.717) is 5.56 Å². The number of methoxy groups -OCH3 is 2. The lowest BCUT2D eigenvalue weighted by molar-refractivity contribution is 0.0555. The van der Waals surface area contributed by atoms with Gasteiger partial charge in [-0.1, -0.05) is 17.7 Å². The van der Waals surface area contributed by atoms with E-state index in [9.17, 15) is 14.7 Å². The normalized spacial score (nSPS) is 9.84. The highest BCUT2D eigenvalue weighted by atomic mass is 35.5. The van der Waals surface area contributed by atoms with Crippen LogP contribution in [0.25, 0.3) is 0 Å². The molecule has 0 saturated carbocycles. The van der Waals surface area contributed by atoms with Crippen LogP contribution < -0.4 is 0 Å². The summed E-state index contributed by atoms with van der Waals surface area (Å²) in [5.41, 5.74) is 0.0139. The number of halogens is 1. The molecule has 0 heterocycles. The van der Waals surface area contributed by atoms with E-state index in [1.807, 2.05) is 0 Å². The quantitative estimate of drug-likeness (QED) is 0.679. The number of phenolic OH excluding ortho intramolecular Hbond substituents is 1. The first-order valence-corrected chi connectivity index (χ1v) is 5.67. The van der Waals surface area contributed by atoms with E-state index in [1.54, 1.807) is 0 Å². The fraction of sp³-hybridized carbons (Fsp3) is 0.231. The third-order valence-electron chi connectivity index (χ3n) is 2.49. The number of allylic oxidation sites excluding steroid dienone is 1. The minimum Gasteiger partial charge on any atom is -0.508 e. The lowest BCUT2D eigenvalue weighted by Crippen LogP contribution is -2.13. The highest BCUT2D eigenvalue weighted by Crippen LogP contribution is 2.33. The zero-order valence-electron chi connectivity index (χ0n) is 10.5. The zero-order valence-corrected chi connectivity index (χ0v) is 11.3. The van der Waals surface area contributed by atoms with Gasteiger partial charge in [0.15, 0.2) is 0 Å².